The summed E-state index contributed by atoms with van der Waals surface area (Å²) >= 11 is 5.87. The summed E-state index contributed by atoms with van der Waals surface area (Å²) in [5.74, 6) is -0.216. The van der Waals surface area contributed by atoms with E-state index < -0.39 is 11.7 Å². The highest BCUT2D eigenvalue weighted by atomic mass is 35.5. The van der Waals surface area contributed by atoms with E-state index >= 15 is 0 Å². The molecule has 1 heterocycles. The number of benzene rings is 1. The highest BCUT2D eigenvalue weighted by Crippen LogP contribution is 2.23. The number of carbonyl (C=O) groups excluding carboxylic acids is 1. The summed E-state index contributed by atoms with van der Waals surface area (Å²) in [4.78, 5) is 15.9. The van der Waals surface area contributed by atoms with Gasteiger partial charge in [-0.05, 0) is 30.3 Å². The van der Waals surface area contributed by atoms with Gasteiger partial charge in [0.1, 0.15) is 11.6 Å². The van der Waals surface area contributed by atoms with Crippen molar-refractivity contribution in [1.82, 2.24) is 4.98 Å². The van der Waals surface area contributed by atoms with Crippen LogP contribution in [0.3, 0.4) is 0 Å². The number of rotatable bonds is 3. The van der Waals surface area contributed by atoms with Crippen LogP contribution >= 0.6 is 11.6 Å². The number of carbonyl (C=O) groups is 1. The predicted octanol–water partition coefficient (Wildman–Crippen LogP) is 3.17. The minimum Gasteiger partial charge on any atom is -0.373 e. The molecule has 0 fully saturated rings. The Bertz CT molecular complexity index is 601. The largest absolute Gasteiger partial charge is 0.373 e. The number of pyridine rings is 1. The minimum atomic E-state index is -0.469. The monoisotopic (exact) mass is 279 g/mol. The Morgan fingerprint density at radius 1 is 1.32 bits per heavy atom. The van der Waals surface area contributed by atoms with E-state index in [-0.39, 0.29) is 10.7 Å². The van der Waals surface area contributed by atoms with Crippen molar-refractivity contribution >= 4 is 29.0 Å². The summed E-state index contributed by atoms with van der Waals surface area (Å²) in [5.41, 5.74) is 0.587. The van der Waals surface area contributed by atoms with Crippen molar-refractivity contribution in [2.45, 2.75) is 0 Å². The van der Waals surface area contributed by atoms with E-state index in [9.17, 15) is 9.18 Å². The fraction of sp³-hybridized carbons (Fsp3) is 0.0769. The number of amides is 1. The van der Waals surface area contributed by atoms with Crippen molar-refractivity contribution in [3.63, 3.8) is 0 Å². The van der Waals surface area contributed by atoms with Crippen LogP contribution < -0.4 is 10.6 Å². The maximum atomic E-state index is 13.1. The third-order valence-corrected chi connectivity index (χ3v) is 2.79. The molecule has 0 aliphatic heterocycles. The average Bonchev–Trinajstić information content (AvgIpc) is 2.43. The fourth-order valence-corrected chi connectivity index (χ4v) is 1.63. The fourth-order valence-electron chi connectivity index (χ4n) is 1.46. The van der Waals surface area contributed by atoms with Crippen molar-refractivity contribution in [2.75, 3.05) is 17.7 Å². The number of nitrogens with one attached hydrogen (secondary N) is 2. The molecule has 0 aliphatic carbocycles. The first-order valence-electron chi connectivity index (χ1n) is 5.50. The standard InChI is InChI=1S/C13H11ClFN3O/c1-16-12-5-2-8(7-17-12)13(19)18-11-6-9(15)3-4-10(11)14/h2-7H,1H3,(H,16,17)(H,18,19). The number of hydrogen-bond acceptors (Lipinski definition) is 3. The highest BCUT2D eigenvalue weighted by Gasteiger charge is 2.09. The van der Waals surface area contributed by atoms with Gasteiger partial charge in [-0.25, -0.2) is 9.37 Å². The van der Waals surface area contributed by atoms with Crippen LogP contribution in [-0.4, -0.2) is 17.9 Å². The molecule has 1 aromatic carbocycles. The van der Waals surface area contributed by atoms with Gasteiger partial charge in [0.05, 0.1) is 16.3 Å². The zero-order valence-corrected chi connectivity index (χ0v) is 10.8. The molecular formula is C13H11ClFN3O. The normalized spacial score (nSPS) is 10.1. The third-order valence-electron chi connectivity index (χ3n) is 2.46. The van der Waals surface area contributed by atoms with Gasteiger partial charge in [0.15, 0.2) is 0 Å². The Morgan fingerprint density at radius 3 is 2.74 bits per heavy atom. The second-order valence-electron chi connectivity index (χ2n) is 3.76. The van der Waals surface area contributed by atoms with E-state index in [0.29, 0.717) is 11.4 Å². The maximum absolute atomic E-state index is 13.1. The molecule has 1 amide bonds. The first-order valence-corrected chi connectivity index (χ1v) is 5.88. The first-order chi connectivity index (χ1) is 9.10. The molecule has 2 aromatic rings. The van der Waals surface area contributed by atoms with E-state index in [1.807, 2.05) is 0 Å². The molecule has 4 nitrogen and oxygen atoms in total. The number of nitrogens with zero attached hydrogens (tertiary/aromatic N) is 1. The third kappa shape index (κ3) is 3.20. The second kappa shape index (κ2) is 5.67. The molecule has 0 saturated heterocycles. The molecule has 6 heteroatoms. The van der Waals surface area contributed by atoms with E-state index in [0.717, 1.165) is 6.07 Å². The molecule has 0 aliphatic rings. The van der Waals surface area contributed by atoms with Crippen molar-refractivity contribution in [1.29, 1.82) is 0 Å². The van der Waals surface area contributed by atoms with Crippen LogP contribution in [-0.2, 0) is 0 Å². The van der Waals surface area contributed by atoms with Gasteiger partial charge in [-0.15, -0.1) is 0 Å². The van der Waals surface area contributed by atoms with Crippen LogP contribution in [0.1, 0.15) is 10.4 Å². The topological polar surface area (TPSA) is 54.0 Å². The number of anilines is 2. The Hall–Kier alpha value is -2.14. The van der Waals surface area contributed by atoms with Crippen LogP contribution in [0.25, 0.3) is 0 Å². The van der Waals surface area contributed by atoms with Gasteiger partial charge in [-0.3, -0.25) is 4.79 Å². The van der Waals surface area contributed by atoms with Crippen molar-refractivity contribution < 1.29 is 9.18 Å². The quantitative estimate of drug-likeness (QED) is 0.907. The van der Waals surface area contributed by atoms with Crippen LogP contribution in [0.5, 0.6) is 0 Å². The summed E-state index contributed by atoms with van der Waals surface area (Å²) in [6.45, 7) is 0. The van der Waals surface area contributed by atoms with Gasteiger partial charge < -0.3 is 10.6 Å². The SMILES string of the molecule is CNc1ccc(C(=O)Nc2cc(F)ccc2Cl)cn1. The van der Waals surface area contributed by atoms with Gasteiger partial charge in [0.2, 0.25) is 0 Å². The number of hydrogen-bond donors (Lipinski definition) is 2. The zero-order chi connectivity index (χ0) is 13.8. The summed E-state index contributed by atoms with van der Waals surface area (Å²) in [5, 5.41) is 5.65. The molecule has 98 valence electrons. The minimum absolute atomic E-state index is 0.226. The van der Waals surface area contributed by atoms with Crippen molar-refractivity contribution in [2.24, 2.45) is 0 Å². The van der Waals surface area contributed by atoms with Crippen molar-refractivity contribution in [3.8, 4) is 0 Å². The Kier molecular flexibility index (Phi) is 3.97. The number of halogens is 2. The van der Waals surface area contributed by atoms with E-state index in [1.165, 1.54) is 18.3 Å². The van der Waals surface area contributed by atoms with Gasteiger partial charge >= 0.3 is 0 Å². The average molecular weight is 280 g/mol. The molecular weight excluding hydrogens is 269 g/mol. The summed E-state index contributed by atoms with van der Waals surface area (Å²) in [6, 6.07) is 7.05. The van der Waals surface area contributed by atoms with E-state index in [1.54, 1.807) is 19.2 Å². The molecule has 0 saturated carbocycles. The smallest absolute Gasteiger partial charge is 0.257 e. The molecule has 19 heavy (non-hydrogen) atoms. The molecule has 2 N–H and O–H groups in total. The van der Waals surface area contributed by atoms with Crippen LogP contribution in [0.2, 0.25) is 5.02 Å². The lowest BCUT2D eigenvalue weighted by Crippen LogP contribution is -2.12. The molecule has 0 unspecified atom stereocenters. The van der Waals surface area contributed by atoms with Gasteiger partial charge in [-0.2, -0.15) is 0 Å². The van der Waals surface area contributed by atoms with Crippen LogP contribution in [0, 0.1) is 5.82 Å². The van der Waals surface area contributed by atoms with E-state index in [2.05, 4.69) is 15.6 Å². The molecule has 0 spiro atoms. The summed E-state index contributed by atoms with van der Waals surface area (Å²) in [7, 11) is 1.73. The lowest BCUT2D eigenvalue weighted by molar-refractivity contribution is 0.102. The zero-order valence-electron chi connectivity index (χ0n) is 10.1. The molecule has 2 rings (SSSR count). The van der Waals surface area contributed by atoms with Gasteiger partial charge in [0, 0.05) is 13.2 Å². The Morgan fingerprint density at radius 2 is 2.11 bits per heavy atom. The summed E-state index contributed by atoms with van der Waals surface area (Å²) in [6.07, 6.45) is 1.42. The predicted molar refractivity (Wildman–Crippen MR) is 73.1 cm³/mol. The lowest BCUT2D eigenvalue weighted by Gasteiger charge is -2.07. The van der Waals surface area contributed by atoms with Crippen LogP contribution in [0.4, 0.5) is 15.9 Å². The van der Waals surface area contributed by atoms with Crippen molar-refractivity contribution in [3.05, 3.63) is 52.9 Å². The van der Waals surface area contributed by atoms with E-state index in [4.69, 9.17) is 11.6 Å². The van der Waals surface area contributed by atoms with Crippen LogP contribution in [0.15, 0.2) is 36.5 Å². The second-order valence-corrected chi connectivity index (χ2v) is 4.17. The molecule has 0 atom stereocenters. The molecule has 0 bridgehead atoms. The highest BCUT2D eigenvalue weighted by molar-refractivity contribution is 6.33. The Labute approximate surface area is 114 Å². The summed E-state index contributed by atoms with van der Waals surface area (Å²) < 4.78 is 13.1. The number of aromatic nitrogens is 1. The van der Waals surface area contributed by atoms with Gasteiger partial charge in [0.25, 0.3) is 5.91 Å². The maximum Gasteiger partial charge on any atom is 0.257 e. The molecule has 0 radical (unpaired) electrons. The Balaban J connectivity index is 2.18. The lowest BCUT2D eigenvalue weighted by atomic mass is 10.2. The molecule has 1 aromatic heterocycles. The van der Waals surface area contributed by atoms with Gasteiger partial charge in [-0.1, -0.05) is 11.6 Å². The first kappa shape index (κ1) is 13.3.